The number of amides is 1. The Morgan fingerprint density at radius 1 is 1.33 bits per heavy atom. The second-order valence-electron chi connectivity index (χ2n) is 4.15. The molecule has 0 bridgehead atoms. The van der Waals surface area contributed by atoms with Gasteiger partial charge in [0.25, 0.3) is 0 Å². The summed E-state index contributed by atoms with van der Waals surface area (Å²) >= 11 is 0. The second-order valence-corrected chi connectivity index (χ2v) is 4.15. The third-order valence-electron chi connectivity index (χ3n) is 2.72. The number of hydrogen-bond donors (Lipinski definition) is 2. The molecule has 0 spiro atoms. The fourth-order valence-corrected chi connectivity index (χ4v) is 1.87. The number of carbonyl (C=O) groups excluding carboxylic acids is 1. The number of fused-ring (bicyclic) bond motifs is 1. The number of carbonyl (C=O) groups is 2. The zero-order chi connectivity index (χ0) is 13.1. The lowest BCUT2D eigenvalue weighted by atomic mass is 10.2. The molecule has 0 saturated carbocycles. The van der Waals surface area contributed by atoms with Crippen LogP contribution < -0.4 is 0 Å². The first-order valence-corrected chi connectivity index (χ1v) is 5.60. The molecular weight excluding hydrogens is 232 g/mol. The number of hydrogen-bond acceptors (Lipinski definition) is 2. The van der Waals surface area contributed by atoms with Gasteiger partial charge in [0.2, 0.25) is 5.91 Å². The lowest BCUT2D eigenvalue weighted by Gasteiger charge is -2.17. The molecule has 0 unspecified atom stereocenters. The van der Waals surface area contributed by atoms with Gasteiger partial charge in [0.1, 0.15) is 6.54 Å². The molecule has 0 aliphatic heterocycles. The molecule has 1 aromatic heterocycles. The van der Waals surface area contributed by atoms with Gasteiger partial charge in [-0.25, -0.2) is 0 Å². The van der Waals surface area contributed by atoms with Gasteiger partial charge in [-0.3, -0.25) is 9.59 Å². The average molecular weight is 246 g/mol. The van der Waals surface area contributed by atoms with Gasteiger partial charge in [0.15, 0.2) is 0 Å². The summed E-state index contributed by atoms with van der Waals surface area (Å²) in [6, 6.07) is 9.68. The zero-order valence-electron chi connectivity index (χ0n) is 10.0. The van der Waals surface area contributed by atoms with E-state index in [-0.39, 0.29) is 19.0 Å². The van der Waals surface area contributed by atoms with Crippen LogP contribution in [0.25, 0.3) is 10.9 Å². The lowest BCUT2D eigenvalue weighted by Crippen LogP contribution is -2.33. The molecule has 0 aliphatic rings. The molecule has 1 amide bonds. The summed E-state index contributed by atoms with van der Waals surface area (Å²) in [5.74, 6) is -1.27. The first-order valence-electron chi connectivity index (χ1n) is 5.60. The van der Waals surface area contributed by atoms with Crippen molar-refractivity contribution in [1.82, 2.24) is 9.88 Å². The number of carboxylic acid groups (broad SMARTS) is 1. The molecule has 5 heteroatoms. The van der Waals surface area contributed by atoms with E-state index in [1.165, 1.54) is 11.8 Å². The van der Waals surface area contributed by atoms with Crippen molar-refractivity contribution in [2.45, 2.75) is 13.5 Å². The quantitative estimate of drug-likeness (QED) is 0.860. The number of carboxylic acids is 1. The molecular formula is C13H14N2O3. The second kappa shape index (κ2) is 4.91. The monoisotopic (exact) mass is 246 g/mol. The zero-order valence-corrected chi connectivity index (χ0v) is 10.0. The number of benzene rings is 1. The Morgan fingerprint density at radius 3 is 2.67 bits per heavy atom. The van der Waals surface area contributed by atoms with Crippen LogP contribution in [0.3, 0.4) is 0 Å². The van der Waals surface area contributed by atoms with Crippen LogP contribution in [-0.2, 0) is 16.1 Å². The maximum atomic E-state index is 11.3. The van der Waals surface area contributed by atoms with E-state index in [9.17, 15) is 9.59 Å². The van der Waals surface area contributed by atoms with Crippen molar-refractivity contribution < 1.29 is 14.7 Å². The molecule has 2 N–H and O–H groups in total. The number of aromatic amines is 1. The molecule has 0 aliphatic carbocycles. The Labute approximate surface area is 104 Å². The van der Waals surface area contributed by atoms with Crippen molar-refractivity contribution in [2.75, 3.05) is 6.54 Å². The number of aromatic nitrogens is 1. The Balaban J connectivity index is 2.20. The van der Waals surface area contributed by atoms with E-state index in [2.05, 4.69) is 4.98 Å². The minimum absolute atomic E-state index is 0.254. The van der Waals surface area contributed by atoms with Crippen LogP contribution >= 0.6 is 0 Å². The molecule has 0 atom stereocenters. The number of para-hydroxylation sites is 1. The first-order chi connectivity index (χ1) is 8.56. The van der Waals surface area contributed by atoms with Crippen LogP contribution in [0.4, 0.5) is 0 Å². The molecule has 0 radical (unpaired) electrons. The Hall–Kier alpha value is -2.30. The van der Waals surface area contributed by atoms with Crippen LogP contribution in [0.5, 0.6) is 0 Å². The number of rotatable bonds is 4. The third kappa shape index (κ3) is 2.68. The van der Waals surface area contributed by atoms with E-state index >= 15 is 0 Å². The minimum Gasteiger partial charge on any atom is -0.480 e. The van der Waals surface area contributed by atoms with Gasteiger partial charge in [0.05, 0.1) is 6.54 Å². The molecule has 2 rings (SSSR count). The third-order valence-corrected chi connectivity index (χ3v) is 2.72. The fraction of sp³-hybridized carbons (Fsp3) is 0.231. The lowest BCUT2D eigenvalue weighted by molar-refractivity contribution is -0.144. The predicted octanol–water partition coefficient (Wildman–Crippen LogP) is 1.60. The van der Waals surface area contributed by atoms with Gasteiger partial charge >= 0.3 is 5.97 Å². The van der Waals surface area contributed by atoms with Gasteiger partial charge in [-0.1, -0.05) is 18.2 Å². The summed E-state index contributed by atoms with van der Waals surface area (Å²) in [6.45, 7) is 1.35. The van der Waals surface area contributed by atoms with Crippen molar-refractivity contribution in [1.29, 1.82) is 0 Å². The van der Waals surface area contributed by atoms with Crippen molar-refractivity contribution in [3.05, 3.63) is 36.0 Å². The molecule has 0 fully saturated rings. The van der Waals surface area contributed by atoms with Gasteiger partial charge in [0, 0.05) is 18.1 Å². The highest BCUT2D eigenvalue weighted by Gasteiger charge is 2.14. The molecule has 0 saturated heterocycles. The summed E-state index contributed by atoms with van der Waals surface area (Å²) in [5, 5.41) is 9.79. The Morgan fingerprint density at radius 2 is 2.06 bits per heavy atom. The van der Waals surface area contributed by atoms with Gasteiger partial charge in [-0.05, 0) is 17.5 Å². The summed E-state index contributed by atoms with van der Waals surface area (Å²) < 4.78 is 0. The van der Waals surface area contributed by atoms with Gasteiger partial charge in [-0.2, -0.15) is 0 Å². The topological polar surface area (TPSA) is 73.4 Å². The molecule has 1 aromatic carbocycles. The van der Waals surface area contributed by atoms with Crippen LogP contribution in [0, 0.1) is 0 Å². The van der Waals surface area contributed by atoms with E-state index in [4.69, 9.17) is 5.11 Å². The molecule has 2 aromatic rings. The van der Waals surface area contributed by atoms with Crippen molar-refractivity contribution >= 4 is 22.8 Å². The van der Waals surface area contributed by atoms with E-state index in [1.54, 1.807) is 0 Å². The van der Waals surface area contributed by atoms with E-state index in [0.717, 1.165) is 16.6 Å². The Bertz CT molecular complexity index is 556. The number of nitrogens with zero attached hydrogens (tertiary/aromatic N) is 1. The summed E-state index contributed by atoms with van der Waals surface area (Å²) in [6.07, 6.45) is 0. The highest BCUT2D eigenvalue weighted by Crippen LogP contribution is 2.15. The molecule has 94 valence electrons. The van der Waals surface area contributed by atoms with E-state index in [0.29, 0.717) is 0 Å². The summed E-state index contributed by atoms with van der Waals surface area (Å²) in [5.41, 5.74) is 1.80. The smallest absolute Gasteiger partial charge is 0.323 e. The summed E-state index contributed by atoms with van der Waals surface area (Å²) in [7, 11) is 0. The standard InChI is InChI=1S/C13H14N2O3/c1-9(16)15(8-13(17)18)7-11-6-10-4-2-3-5-12(10)14-11/h2-6,14H,7-8H2,1H3,(H,17,18). The fourth-order valence-electron chi connectivity index (χ4n) is 1.87. The first kappa shape index (κ1) is 12.2. The number of H-pyrrole nitrogens is 1. The van der Waals surface area contributed by atoms with Gasteiger partial charge < -0.3 is 15.0 Å². The van der Waals surface area contributed by atoms with Crippen LogP contribution in [0.15, 0.2) is 30.3 Å². The van der Waals surface area contributed by atoms with Crippen LogP contribution in [-0.4, -0.2) is 33.4 Å². The highest BCUT2D eigenvalue weighted by molar-refractivity contribution is 5.81. The van der Waals surface area contributed by atoms with Crippen molar-refractivity contribution in [2.24, 2.45) is 0 Å². The largest absolute Gasteiger partial charge is 0.480 e. The maximum Gasteiger partial charge on any atom is 0.323 e. The van der Waals surface area contributed by atoms with Gasteiger partial charge in [-0.15, -0.1) is 0 Å². The maximum absolute atomic E-state index is 11.3. The highest BCUT2D eigenvalue weighted by atomic mass is 16.4. The molecule has 5 nitrogen and oxygen atoms in total. The SMILES string of the molecule is CC(=O)N(CC(=O)O)Cc1cc2ccccc2[nH]1. The minimum atomic E-state index is -1.01. The van der Waals surface area contributed by atoms with E-state index < -0.39 is 5.97 Å². The number of nitrogens with one attached hydrogen (secondary N) is 1. The van der Waals surface area contributed by atoms with Crippen LogP contribution in [0.1, 0.15) is 12.6 Å². The number of aliphatic carboxylic acids is 1. The molecule has 18 heavy (non-hydrogen) atoms. The summed E-state index contributed by atoms with van der Waals surface area (Å²) in [4.78, 5) is 26.5. The van der Waals surface area contributed by atoms with Crippen LogP contribution in [0.2, 0.25) is 0 Å². The van der Waals surface area contributed by atoms with Crippen molar-refractivity contribution in [3.63, 3.8) is 0 Å². The predicted molar refractivity (Wildman–Crippen MR) is 67.0 cm³/mol. The average Bonchev–Trinajstić information content (AvgIpc) is 2.69. The normalized spacial score (nSPS) is 10.5. The molecule has 1 heterocycles. The van der Waals surface area contributed by atoms with E-state index in [1.807, 2.05) is 30.3 Å². The Kier molecular flexibility index (Phi) is 3.32. The van der Waals surface area contributed by atoms with Crippen molar-refractivity contribution in [3.8, 4) is 0 Å².